The summed E-state index contributed by atoms with van der Waals surface area (Å²) >= 11 is 0. The molecule has 0 bridgehead atoms. The van der Waals surface area contributed by atoms with E-state index < -0.39 is 0 Å². The van der Waals surface area contributed by atoms with E-state index in [-0.39, 0.29) is 18.1 Å². The molecule has 1 atom stereocenters. The van der Waals surface area contributed by atoms with Gasteiger partial charge in [-0.2, -0.15) is 0 Å². The molecule has 4 rings (SSSR count). The van der Waals surface area contributed by atoms with Gasteiger partial charge in [0.2, 0.25) is 5.91 Å². The van der Waals surface area contributed by atoms with Crippen LogP contribution in [-0.2, 0) is 4.79 Å². The maximum Gasteiger partial charge on any atom is 0.222 e. The fourth-order valence-corrected chi connectivity index (χ4v) is 4.34. The molecule has 0 aromatic heterocycles. The predicted octanol–water partition coefficient (Wildman–Crippen LogP) is 1.59. The molecule has 0 radical (unpaired) electrons. The molecule has 1 unspecified atom stereocenters. The Balaban J connectivity index is 1.24. The van der Waals surface area contributed by atoms with E-state index in [9.17, 15) is 4.79 Å². The van der Waals surface area contributed by atoms with Crippen LogP contribution in [0.5, 0.6) is 5.75 Å². The van der Waals surface area contributed by atoms with Crippen molar-refractivity contribution < 1.29 is 9.53 Å². The smallest absolute Gasteiger partial charge is 0.222 e. The Morgan fingerprint density at radius 2 is 1.97 bits per heavy atom. The first-order valence-corrected chi connectivity index (χ1v) is 10.9. The lowest BCUT2D eigenvalue weighted by Gasteiger charge is -2.37. The summed E-state index contributed by atoms with van der Waals surface area (Å²) in [6.07, 6.45) is 1.87. The highest BCUT2D eigenvalue weighted by Crippen LogP contribution is 2.29. The zero-order valence-corrected chi connectivity index (χ0v) is 17.6. The summed E-state index contributed by atoms with van der Waals surface area (Å²) < 4.78 is 5.99. The van der Waals surface area contributed by atoms with Crippen LogP contribution in [0.2, 0.25) is 0 Å². The van der Waals surface area contributed by atoms with Crippen LogP contribution in [0, 0.1) is 0 Å². The number of piperazine rings is 1. The van der Waals surface area contributed by atoms with E-state index in [4.69, 9.17) is 9.73 Å². The zero-order valence-electron chi connectivity index (χ0n) is 17.6. The number of amides is 1. The lowest BCUT2D eigenvalue weighted by Crippen LogP contribution is -2.50. The van der Waals surface area contributed by atoms with Crippen molar-refractivity contribution in [1.29, 1.82) is 0 Å². The highest BCUT2D eigenvalue weighted by Gasteiger charge is 2.27. The molecule has 1 N–H and O–H groups in total. The van der Waals surface area contributed by atoms with Crippen LogP contribution >= 0.6 is 0 Å². The molecule has 2 fully saturated rings. The van der Waals surface area contributed by atoms with Crippen molar-refractivity contribution in [3.05, 3.63) is 24.3 Å². The number of anilines is 1. The van der Waals surface area contributed by atoms with Gasteiger partial charge in [-0.15, -0.1) is 0 Å². The largest absolute Gasteiger partial charge is 0.489 e. The second-order valence-corrected chi connectivity index (χ2v) is 8.47. The van der Waals surface area contributed by atoms with Gasteiger partial charge in [0.15, 0.2) is 0 Å². The Kier molecular flexibility index (Phi) is 6.23. The van der Waals surface area contributed by atoms with Gasteiger partial charge in [0.1, 0.15) is 11.6 Å². The summed E-state index contributed by atoms with van der Waals surface area (Å²) in [5.74, 6) is 2.33. The fraction of sp³-hybridized carbons (Fsp3) is 0.636. The summed E-state index contributed by atoms with van der Waals surface area (Å²) in [5.41, 5.74) is 1.19. The third-order valence-electron chi connectivity index (χ3n) is 5.80. The molecule has 2 saturated heterocycles. The third-order valence-corrected chi connectivity index (χ3v) is 5.80. The number of nitrogens with one attached hydrogen (secondary N) is 1. The van der Waals surface area contributed by atoms with Gasteiger partial charge >= 0.3 is 0 Å². The molecule has 3 aliphatic heterocycles. The summed E-state index contributed by atoms with van der Waals surface area (Å²) in [7, 11) is 0. The normalized spacial score (nSPS) is 22.9. The lowest BCUT2D eigenvalue weighted by molar-refractivity contribution is -0.127. The van der Waals surface area contributed by atoms with Crippen LogP contribution in [0.1, 0.15) is 26.7 Å². The Hall–Kier alpha value is -2.28. The molecule has 1 aromatic rings. The van der Waals surface area contributed by atoms with Gasteiger partial charge in [0, 0.05) is 45.7 Å². The van der Waals surface area contributed by atoms with Gasteiger partial charge in [0.25, 0.3) is 0 Å². The van der Waals surface area contributed by atoms with Crippen molar-refractivity contribution in [1.82, 2.24) is 15.1 Å². The molecular weight excluding hydrogens is 366 g/mol. The second-order valence-electron chi connectivity index (χ2n) is 8.47. The molecular formula is C22H33N5O2. The van der Waals surface area contributed by atoms with Gasteiger partial charge in [-0.25, -0.2) is 0 Å². The standard InChI is InChI=1S/C22H33N5O2/c1-17(2)29-20-7-4-3-6-19(20)26-12-10-25(11-13-26)16-21-23-14-18(24-21)15-27-9-5-8-22(27)28/h3-4,6-7,17-18H,5,8-16H2,1-2H3,(H,23,24). The van der Waals surface area contributed by atoms with Crippen LogP contribution in [0.15, 0.2) is 29.3 Å². The summed E-state index contributed by atoms with van der Waals surface area (Å²) in [6.45, 7) is 11.4. The van der Waals surface area contributed by atoms with E-state index in [0.717, 1.165) is 70.4 Å². The number of carbonyl (C=O) groups is 1. The minimum absolute atomic E-state index is 0.174. The summed E-state index contributed by atoms with van der Waals surface area (Å²) in [6, 6.07) is 8.60. The number of likely N-dealkylation sites (tertiary alicyclic amines) is 1. The number of para-hydroxylation sites is 2. The van der Waals surface area contributed by atoms with Crippen molar-refractivity contribution >= 4 is 17.4 Å². The van der Waals surface area contributed by atoms with Gasteiger partial charge in [-0.1, -0.05) is 12.1 Å². The maximum absolute atomic E-state index is 11.8. The van der Waals surface area contributed by atoms with Crippen molar-refractivity contribution in [2.75, 3.05) is 57.3 Å². The van der Waals surface area contributed by atoms with E-state index in [1.54, 1.807) is 0 Å². The average Bonchev–Trinajstić information content (AvgIpc) is 3.32. The molecule has 7 nitrogen and oxygen atoms in total. The fourth-order valence-electron chi connectivity index (χ4n) is 4.34. The number of nitrogens with zero attached hydrogens (tertiary/aromatic N) is 4. The van der Waals surface area contributed by atoms with Crippen LogP contribution in [0.25, 0.3) is 0 Å². The summed E-state index contributed by atoms with van der Waals surface area (Å²) in [5, 5.41) is 3.54. The average molecular weight is 400 g/mol. The van der Waals surface area contributed by atoms with Crippen LogP contribution in [0.3, 0.4) is 0 Å². The molecule has 1 amide bonds. The van der Waals surface area contributed by atoms with Crippen LogP contribution < -0.4 is 15.0 Å². The molecule has 7 heteroatoms. The van der Waals surface area contributed by atoms with E-state index in [2.05, 4.69) is 47.2 Å². The maximum atomic E-state index is 11.8. The van der Waals surface area contributed by atoms with Crippen molar-refractivity contribution in [2.24, 2.45) is 4.99 Å². The first-order valence-electron chi connectivity index (χ1n) is 10.9. The van der Waals surface area contributed by atoms with Gasteiger partial charge < -0.3 is 19.9 Å². The highest BCUT2D eigenvalue weighted by molar-refractivity contribution is 5.86. The van der Waals surface area contributed by atoms with E-state index in [1.807, 2.05) is 11.0 Å². The molecule has 3 aliphatic rings. The SMILES string of the molecule is CC(C)Oc1ccccc1N1CCN(CC2=NCC(CN3CCCC3=O)N2)CC1. The molecule has 0 saturated carbocycles. The topological polar surface area (TPSA) is 60.4 Å². The third kappa shape index (κ3) is 5.01. The molecule has 0 spiro atoms. The first-order chi connectivity index (χ1) is 14.1. The number of benzene rings is 1. The Morgan fingerprint density at radius 3 is 2.69 bits per heavy atom. The molecule has 29 heavy (non-hydrogen) atoms. The van der Waals surface area contributed by atoms with Gasteiger partial charge in [0.05, 0.1) is 30.9 Å². The van der Waals surface area contributed by atoms with Crippen molar-refractivity contribution in [3.63, 3.8) is 0 Å². The number of rotatable bonds is 7. The Labute approximate surface area is 173 Å². The summed E-state index contributed by atoms with van der Waals surface area (Å²) in [4.78, 5) is 23.4. The zero-order chi connectivity index (χ0) is 20.2. The number of amidine groups is 1. The highest BCUT2D eigenvalue weighted by atomic mass is 16.5. The molecule has 158 valence electrons. The lowest BCUT2D eigenvalue weighted by atomic mass is 10.2. The number of carbonyl (C=O) groups excluding carboxylic acids is 1. The monoisotopic (exact) mass is 399 g/mol. The van der Waals surface area contributed by atoms with Crippen molar-refractivity contribution in [3.8, 4) is 5.75 Å². The number of hydrogen-bond donors (Lipinski definition) is 1. The van der Waals surface area contributed by atoms with Crippen LogP contribution in [0.4, 0.5) is 5.69 Å². The van der Waals surface area contributed by atoms with Crippen LogP contribution in [-0.4, -0.2) is 86.0 Å². The quantitative estimate of drug-likeness (QED) is 0.755. The molecule has 3 heterocycles. The Bertz CT molecular complexity index is 742. The Morgan fingerprint density at radius 1 is 1.17 bits per heavy atom. The van der Waals surface area contributed by atoms with E-state index >= 15 is 0 Å². The minimum Gasteiger partial charge on any atom is -0.489 e. The first kappa shape index (κ1) is 20.0. The molecule has 0 aliphatic carbocycles. The van der Waals surface area contributed by atoms with Gasteiger partial charge in [-0.3, -0.25) is 14.7 Å². The predicted molar refractivity (Wildman–Crippen MR) is 116 cm³/mol. The van der Waals surface area contributed by atoms with E-state index in [0.29, 0.717) is 6.42 Å². The number of ether oxygens (including phenoxy) is 1. The minimum atomic E-state index is 0.174. The second kappa shape index (κ2) is 9.03. The number of hydrogen-bond acceptors (Lipinski definition) is 6. The van der Waals surface area contributed by atoms with E-state index in [1.165, 1.54) is 5.69 Å². The molecule has 1 aromatic carbocycles. The van der Waals surface area contributed by atoms with Gasteiger partial charge in [-0.05, 0) is 32.4 Å². The van der Waals surface area contributed by atoms with Crippen molar-refractivity contribution in [2.45, 2.75) is 38.8 Å². The number of aliphatic imine (C=N–C) groups is 1.